The van der Waals surface area contributed by atoms with E-state index in [0.29, 0.717) is 23.6 Å². The van der Waals surface area contributed by atoms with E-state index in [1.54, 1.807) is 24.3 Å². The number of benzene rings is 2. The summed E-state index contributed by atoms with van der Waals surface area (Å²) in [6.45, 7) is 6.09. The molecule has 0 fully saturated rings. The zero-order valence-corrected chi connectivity index (χ0v) is 21.9. The van der Waals surface area contributed by atoms with Crippen molar-refractivity contribution in [3.05, 3.63) is 68.7 Å². The van der Waals surface area contributed by atoms with Gasteiger partial charge in [-0.25, -0.2) is 0 Å². The molecule has 0 aromatic heterocycles. The first-order chi connectivity index (χ1) is 17.2. The number of anilines is 1. The number of amides is 2. The van der Waals surface area contributed by atoms with Crippen molar-refractivity contribution < 1.29 is 23.9 Å². The third-order valence-corrected chi connectivity index (χ3v) is 7.14. The second kappa shape index (κ2) is 12.0. The Labute approximate surface area is 219 Å². The Morgan fingerprint density at radius 1 is 1.25 bits per heavy atom. The van der Waals surface area contributed by atoms with Gasteiger partial charge in [-0.2, -0.15) is 5.26 Å². The van der Waals surface area contributed by atoms with Crippen LogP contribution in [0.25, 0.3) is 0 Å². The van der Waals surface area contributed by atoms with E-state index >= 15 is 0 Å². The monoisotopic (exact) mass is 527 g/mol. The number of esters is 1. The van der Waals surface area contributed by atoms with E-state index in [1.165, 1.54) is 7.11 Å². The highest BCUT2D eigenvalue weighted by Crippen LogP contribution is 2.42. The molecule has 0 aliphatic carbocycles. The summed E-state index contributed by atoms with van der Waals surface area (Å²) >= 11 is 7.37. The number of thioether (sulfide) groups is 1. The van der Waals surface area contributed by atoms with Gasteiger partial charge in [0.2, 0.25) is 11.8 Å². The lowest BCUT2D eigenvalue weighted by Gasteiger charge is -2.31. The van der Waals surface area contributed by atoms with Gasteiger partial charge in [0.15, 0.2) is 0 Å². The lowest BCUT2D eigenvalue weighted by molar-refractivity contribution is -0.150. The molecule has 0 saturated carbocycles. The standard InChI is InChI=1S/C26H26ClN3O5S/c1-5-35-20-10-9-16(11-18(20)27)22-17(12-28)25(30-24(32)23(22)26(33)34-4)36-13-21(31)29-19-8-6-7-14(2)15(19)3/h6-11,22-23H,5,13H2,1-4H3,(H,29,31)(H,30,32)/t22-,23-/m1/s1. The Morgan fingerprint density at radius 3 is 2.64 bits per heavy atom. The quantitative estimate of drug-likeness (QED) is 0.384. The number of hydrogen-bond donors (Lipinski definition) is 2. The number of allylic oxidation sites excluding steroid dienone is 1. The van der Waals surface area contributed by atoms with Crippen molar-refractivity contribution in [3.8, 4) is 11.8 Å². The molecule has 8 nitrogen and oxygen atoms in total. The van der Waals surface area contributed by atoms with Crippen LogP contribution in [-0.4, -0.2) is 37.3 Å². The van der Waals surface area contributed by atoms with E-state index in [9.17, 15) is 19.6 Å². The van der Waals surface area contributed by atoms with Gasteiger partial charge in [0.25, 0.3) is 0 Å². The van der Waals surface area contributed by atoms with Crippen LogP contribution in [0, 0.1) is 31.1 Å². The number of carbonyl (C=O) groups excluding carboxylic acids is 3. The van der Waals surface area contributed by atoms with E-state index in [4.69, 9.17) is 21.1 Å². The molecule has 2 amide bonds. The first-order valence-electron chi connectivity index (χ1n) is 11.2. The second-order valence-electron chi connectivity index (χ2n) is 8.03. The second-order valence-corrected chi connectivity index (χ2v) is 9.42. The molecule has 2 atom stereocenters. The fourth-order valence-corrected chi connectivity index (χ4v) is 4.97. The molecule has 1 heterocycles. The highest BCUT2D eigenvalue weighted by atomic mass is 35.5. The Bertz CT molecular complexity index is 1270. The van der Waals surface area contributed by atoms with Crippen LogP contribution in [0.3, 0.4) is 0 Å². The number of rotatable bonds is 8. The van der Waals surface area contributed by atoms with Gasteiger partial charge in [0, 0.05) is 11.6 Å². The largest absolute Gasteiger partial charge is 0.492 e. The van der Waals surface area contributed by atoms with E-state index < -0.39 is 23.7 Å². The molecule has 1 aliphatic heterocycles. The van der Waals surface area contributed by atoms with Crippen LogP contribution in [0.15, 0.2) is 47.0 Å². The Balaban J connectivity index is 1.93. The number of methoxy groups -OCH3 is 1. The smallest absolute Gasteiger partial charge is 0.319 e. The summed E-state index contributed by atoms with van der Waals surface area (Å²) in [5, 5.41) is 16.0. The summed E-state index contributed by atoms with van der Waals surface area (Å²) in [5.74, 6) is -3.59. The zero-order chi connectivity index (χ0) is 26.4. The maximum absolute atomic E-state index is 13.0. The summed E-state index contributed by atoms with van der Waals surface area (Å²) in [7, 11) is 1.18. The van der Waals surface area contributed by atoms with Crippen molar-refractivity contribution in [3.63, 3.8) is 0 Å². The van der Waals surface area contributed by atoms with Crippen molar-refractivity contribution in [1.82, 2.24) is 5.32 Å². The molecule has 2 aromatic rings. The van der Waals surface area contributed by atoms with Crippen molar-refractivity contribution in [2.75, 3.05) is 24.8 Å². The number of hydrogen-bond acceptors (Lipinski definition) is 7. The number of nitriles is 1. The molecule has 0 bridgehead atoms. The van der Waals surface area contributed by atoms with Crippen LogP contribution in [0.2, 0.25) is 5.02 Å². The van der Waals surface area contributed by atoms with Crippen LogP contribution in [-0.2, 0) is 19.1 Å². The first-order valence-corrected chi connectivity index (χ1v) is 12.5. The van der Waals surface area contributed by atoms with Gasteiger partial charge < -0.3 is 20.1 Å². The average molecular weight is 528 g/mol. The van der Waals surface area contributed by atoms with Gasteiger partial charge in [-0.15, -0.1) is 0 Å². The summed E-state index contributed by atoms with van der Waals surface area (Å²) in [6, 6.07) is 12.6. The Morgan fingerprint density at radius 2 is 2.00 bits per heavy atom. The van der Waals surface area contributed by atoms with Crippen LogP contribution < -0.4 is 15.4 Å². The van der Waals surface area contributed by atoms with Crippen LogP contribution in [0.1, 0.15) is 29.5 Å². The molecule has 3 rings (SSSR count). The summed E-state index contributed by atoms with van der Waals surface area (Å²) in [6.07, 6.45) is 0. The minimum atomic E-state index is -1.30. The third kappa shape index (κ3) is 5.83. The molecular weight excluding hydrogens is 502 g/mol. The van der Waals surface area contributed by atoms with Crippen molar-refractivity contribution in [2.24, 2.45) is 5.92 Å². The van der Waals surface area contributed by atoms with Gasteiger partial charge in [0.1, 0.15) is 11.7 Å². The van der Waals surface area contributed by atoms with E-state index in [2.05, 4.69) is 16.7 Å². The average Bonchev–Trinajstić information content (AvgIpc) is 2.86. The number of aryl methyl sites for hydroxylation is 1. The maximum atomic E-state index is 13.0. The summed E-state index contributed by atoms with van der Waals surface area (Å²) < 4.78 is 10.3. The topological polar surface area (TPSA) is 118 Å². The molecule has 10 heteroatoms. The van der Waals surface area contributed by atoms with Gasteiger partial charge >= 0.3 is 5.97 Å². The van der Waals surface area contributed by atoms with Gasteiger partial charge in [-0.3, -0.25) is 14.4 Å². The first kappa shape index (κ1) is 27.1. The number of ether oxygens (including phenoxy) is 2. The normalized spacial score (nSPS) is 17.2. The number of nitrogens with zero attached hydrogens (tertiary/aromatic N) is 1. The highest BCUT2D eigenvalue weighted by molar-refractivity contribution is 8.03. The van der Waals surface area contributed by atoms with E-state index in [0.717, 1.165) is 22.9 Å². The minimum absolute atomic E-state index is 0.0617. The van der Waals surface area contributed by atoms with Crippen LogP contribution in [0.5, 0.6) is 5.75 Å². The molecule has 0 unspecified atom stereocenters. The van der Waals surface area contributed by atoms with Crippen molar-refractivity contribution in [1.29, 1.82) is 5.26 Å². The SMILES string of the molecule is CCOc1ccc([C@@H]2C(C#N)=C(SCC(=O)Nc3cccc(C)c3C)NC(=O)[C@@H]2C(=O)OC)cc1Cl. The predicted molar refractivity (Wildman–Crippen MR) is 139 cm³/mol. The molecule has 0 spiro atoms. The van der Waals surface area contributed by atoms with Gasteiger partial charge in [0.05, 0.1) is 41.2 Å². The van der Waals surface area contributed by atoms with Crippen LogP contribution in [0.4, 0.5) is 5.69 Å². The van der Waals surface area contributed by atoms with Gasteiger partial charge in [-0.1, -0.05) is 41.6 Å². The third-order valence-electron chi connectivity index (χ3n) is 5.82. The Kier molecular flexibility index (Phi) is 9.02. The molecule has 36 heavy (non-hydrogen) atoms. The summed E-state index contributed by atoms with van der Waals surface area (Å²) in [5.41, 5.74) is 3.29. The fourth-order valence-electron chi connectivity index (χ4n) is 3.87. The number of nitrogens with one attached hydrogen (secondary N) is 2. The Hall–Kier alpha value is -3.48. The predicted octanol–water partition coefficient (Wildman–Crippen LogP) is 4.47. The molecule has 1 aliphatic rings. The van der Waals surface area contributed by atoms with Gasteiger partial charge in [-0.05, 0) is 55.7 Å². The summed E-state index contributed by atoms with van der Waals surface area (Å²) in [4.78, 5) is 38.2. The minimum Gasteiger partial charge on any atom is -0.492 e. The molecule has 2 aromatic carbocycles. The lowest BCUT2D eigenvalue weighted by atomic mass is 9.78. The maximum Gasteiger partial charge on any atom is 0.319 e. The van der Waals surface area contributed by atoms with E-state index in [-0.39, 0.29) is 27.3 Å². The molecule has 0 radical (unpaired) electrons. The number of halogens is 1. The van der Waals surface area contributed by atoms with E-state index in [1.807, 2.05) is 32.9 Å². The highest BCUT2D eigenvalue weighted by Gasteiger charge is 2.44. The molecular formula is C26H26ClN3O5S. The molecule has 188 valence electrons. The zero-order valence-electron chi connectivity index (χ0n) is 20.3. The van der Waals surface area contributed by atoms with Crippen LogP contribution >= 0.6 is 23.4 Å². The number of carbonyl (C=O) groups is 3. The molecule has 0 saturated heterocycles. The molecule has 2 N–H and O–H groups in total. The lowest BCUT2D eigenvalue weighted by Crippen LogP contribution is -2.44. The van der Waals surface area contributed by atoms with Crippen molar-refractivity contribution >= 4 is 46.8 Å². The fraction of sp³-hybridized carbons (Fsp3) is 0.308. The van der Waals surface area contributed by atoms with Crippen molar-refractivity contribution in [2.45, 2.75) is 26.7 Å².